The maximum atomic E-state index is 13.1. The predicted molar refractivity (Wildman–Crippen MR) is 269 cm³/mol. The van der Waals surface area contributed by atoms with Crippen molar-refractivity contribution in [3.05, 3.63) is 173 Å². The largest absolute Gasteiger partial charge is 2.00 e. The number of benzene rings is 4. The number of nitrogens with zero attached hydrogens (tertiary/aromatic N) is 2. The van der Waals surface area contributed by atoms with Crippen LogP contribution in [-0.2, 0) is 66.6 Å². The zero-order valence-electron chi connectivity index (χ0n) is 40.5. The van der Waals surface area contributed by atoms with Crippen molar-refractivity contribution in [2.75, 3.05) is 13.1 Å². The van der Waals surface area contributed by atoms with Crippen molar-refractivity contribution in [2.24, 2.45) is 0 Å². The molecule has 2 atom stereocenters. The smallest absolute Gasteiger partial charge is 1.00 e. The molecule has 2 aliphatic rings. The second-order valence-electron chi connectivity index (χ2n) is 17.0. The zero-order valence-corrected chi connectivity index (χ0v) is 42.3. The molecule has 0 saturated carbocycles. The van der Waals surface area contributed by atoms with Crippen molar-refractivity contribution in [2.45, 2.75) is 105 Å². The molecule has 4 aromatic carbocycles. The SMILES string of the molecule is CC#CC(CC(=O)OC(=O)C[C@H](C#CC)c1ccc(OCc2cccc(CN3CCc4sc(C)cc4C3)c2)cc1)c1ccc(OCc2cccc(CN3CCc4sc(C)cc4C3)c2)cc1.[Ca+2].[H-].[H-]. The van der Waals surface area contributed by atoms with Crippen LogP contribution in [0.5, 0.6) is 11.5 Å². The maximum absolute atomic E-state index is 13.1. The van der Waals surface area contributed by atoms with E-state index < -0.39 is 23.8 Å². The van der Waals surface area contributed by atoms with E-state index in [1.165, 1.54) is 41.8 Å². The molecule has 4 heterocycles. The minimum Gasteiger partial charge on any atom is -1.00 e. The van der Waals surface area contributed by atoms with E-state index in [2.05, 4.69) is 108 Å². The molecule has 0 spiro atoms. The van der Waals surface area contributed by atoms with Crippen molar-refractivity contribution >= 4 is 72.4 Å². The van der Waals surface area contributed by atoms with Gasteiger partial charge in [-0.05, 0) is 121 Å². The van der Waals surface area contributed by atoms with E-state index in [0.29, 0.717) is 13.2 Å². The minimum absolute atomic E-state index is 0. The summed E-state index contributed by atoms with van der Waals surface area (Å²) in [5, 5.41) is 0. The van der Waals surface area contributed by atoms with Crippen molar-refractivity contribution in [3.63, 3.8) is 0 Å². The van der Waals surface area contributed by atoms with Crippen LogP contribution in [0.1, 0.15) is 105 Å². The first-order valence-corrected chi connectivity index (χ1v) is 24.1. The van der Waals surface area contributed by atoms with Crippen LogP contribution in [0, 0.1) is 37.5 Å². The third kappa shape index (κ3) is 13.7. The van der Waals surface area contributed by atoms with Gasteiger partial charge in [0.1, 0.15) is 24.7 Å². The first kappa shape index (κ1) is 49.2. The van der Waals surface area contributed by atoms with Crippen LogP contribution in [0.3, 0.4) is 0 Å². The molecule has 0 amide bonds. The van der Waals surface area contributed by atoms with E-state index in [0.717, 1.165) is 85.9 Å². The molecule has 2 aromatic heterocycles. The first-order chi connectivity index (χ1) is 31.7. The third-order valence-electron chi connectivity index (χ3n) is 11.9. The molecule has 1 unspecified atom stereocenters. The van der Waals surface area contributed by atoms with Crippen LogP contribution in [-0.4, -0.2) is 72.6 Å². The van der Waals surface area contributed by atoms with Gasteiger partial charge in [0.2, 0.25) is 0 Å². The van der Waals surface area contributed by atoms with Gasteiger partial charge in [0.25, 0.3) is 0 Å². The summed E-state index contributed by atoms with van der Waals surface area (Å²) in [6.07, 6.45) is 2.12. The summed E-state index contributed by atoms with van der Waals surface area (Å²) in [5.41, 5.74) is 9.41. The summed E-state index contributed by atoms with van der Waals surface area (Å²) in [5.74, 6) is 11.4. The number of aryl methyl sites for hydroxylation is 2. The Morgan fingerprint density at radius 3 is 1.42 bits per heavy atom. The molecule has 2 aliphatic heterocycles. The summed E-state index contributed by atoms with van der Waals surface area (Å²) in [6, 6.07) is 37.1. The van der Waals surface area contributed by atoms with Crippen molar-refractivity contribution in [1.29, 1.82) is 0 Å². The van der Waals surface area contributed by atoms with E-state index in [9.17, 15) is 9.59 Å². The molecule has 10 heteroatoms. The average Bonchev–Trinajstić information content (AvgIpc) is 3.87. The number of rotatable bonds is 16. The van der Waals surface area contributed by atoms with Crippen LogP contribution in [0.4, 0.5) is 0 Å². The van der Waals surface area contributed by atoms with Gasteiger partial charge in [-0.1, -0.05) is 84.6 Å². The van der Waals surface area contributed by atoms with Crippen LogP contribution < -0.4 is 9.47 Å². The molecule has 8 rings (SSSR count). The van der Waals surface area contributed by atoms with Crippen LogP contribution >= 0.6 is 22.7 Å². The van der Waals surface area contributed by atoms with Crippen molar-refractivity contribution < 1.29 is 26.7 Å². The van der Waals surface area contributed by atoms with Gasteiger partial charge in [0, 0.05) is 58.8 Å². The Bertz CT molecular complexity index is 2560. The molecule has 66 heavy (non-hydrogen) atoms. The van der Waals surface area contributed by atoms with Crippen LogP contribution in [0.2, 0.25) is 0 Å². The molecule has 0 N–H and O–H groups in total. The van der Waals surface area contributed by atoms with E-state index in [1.54, 1.807) is 13.8 Å². The fourth-order valence-corrected chi connectivity index (χ4v) is 10.9. The van der Waals surface area contributed by atoms with Gasteiger partial charge in [-0.3, -0.25) is 19.4 Å². The van der Waals surface area contributed by atoms with Crippen LogP contribution in [0.15, 0.2) is 109 Å². The topological polar surface area (TPSA) is 68.3 Å². The third-order valence-corrected chi connectivity index (χ3v) is 14.2. The Morgan fingerprint density at radius 2 is 1.02 bits per heavy atom. The molecular weight excluding hydrogens is 885 g/mol. The van der Waals surface area contributed by atoms with E-state index in [-0.39, 0.29) is 53.4 Å². The van der Waals surface area contributed by atoms with E-state index in [4.69, 9.17) is 14.2 Å². The van der Waals surface area contributed by atoms with Crippen LogP contribution in [0.25, 0.3) is 0 Å². The number of carbonyl (C=O) groups excluding carboxylic acids is 2. The number of hydrogen-bond donors (Lipinski definition) is 0. The fourth-order valence-electron chi connectivity index (χ4n) is 8.82. The molecule has 0 saturated heterocycles. The Hall–Kier alpha value is -4.68. The summed E-state index contributed by atoms with van der Waals surface area (Å²) >= 11 is 3.86. The van der Waals surface area contributed by atoms with Crippen molar-refractivity contribution in [1.82, 2.24) is 9.80 Å². The standard InChI is InChI=1S/C56H56N2O5S2.Ca.2H/c1-5-9-47(45-15-19-51(20-16-45)61-37-43-13-7-11-41(29-43)33-57-25-23-53-49(35-57)27-39(3)64-53)31-55(59)63-56(60)32-48(10-6-2)46-17-21-52(22-18-46)62-38-44-14-8-12-42(30-44)34-58-26-24-54-50(36-58)28-40(4)65-54;;;/h7-8,11-22,27-30,47-48H,23-26,31-38H2,1-4H3;;;/q;+2;2*-1/t47-,48?;;;/m0.../s1. The van der Waals surface area contributed by atoms with Gasteiger partial charge in [0.05, 0.1) is 24.7 Å². The van der Waals surface area contributed by atoms with E-state index >= 15 is 0 Å². The number of fused-ring (bicyclic) bond motifs is 2. The number of ether oxygens (including phenoxy) is 3. The second kappa shape index (κ2) is 23.9. The average molecular weight is 943 g/mol. The zero-order chi connectivity index (χ0) is 45.1. The first-order valence-electron chi connectivity index (χ1n) is 22.5. The second-order valence-corrected chi connectivity index (χ2v) is 19.7. The molecular formula is C56H58CaN2O5S2. The Morgan fingerprint density at radius 1 is 0.606 bits per heavy atom. The number of esters is 2. The summed E-state index contributed by atoms with van der Waals surface area (Å²) in [7, 11) is 0. The minimum atomic E-state index is -0.628. The van der Waals surface area contributed by atoms with E-state index in [1.807, 2.05) is 71.2 Å². The molecule has 0 aliphatic carbocycles. The van der Waals surface area contributed by atoms with Gasteiger partial charge in [-0.25, -0.2) is 0 Å². The molecule has 0 bridgehead atoms. The van der Waals surface area contributed by atoms with Crippen molar-refractivity contribution in [3.8, 4) is 35.2 Å². The van der Waals surface area contributed by atoms with Gasteiger partial charge < -0.3 is 17.1 Å². The molecule has 336 valence electrons. The summed E-state index contributed by atoms with van der Waals surface area (Å²) in [4.78, 5) is 37.1. The monoisotopic (exact) mass is 942 g/mol. The molecule has 0 radical (unpaired) electrons. The van der Waals surface area contributed by atoms with Gasteiger partial charge in [0.15, 0.2) is 0 Å². The molecule has 6 aromatic rings. The number of hydrogen-bond acceptors (Lipinski definition) is 9. The summed E-state index contributed by atoms with van der Waals surface area (Å²) in [6.45, 7) is 14.7. The maximum Gasteiger partial charge on any atom is 2.00 e. The number of carbonyl (C=O) groups is 2. The predicted octanol–water partition coefficient (Wildman–Crippen LogP) is 11.3. The summed E-state index contributed by atoms with van der Waals surface area (Å²) < 4.78 is 17.7. The van der Waals surface area contributed by atoms with Gasteiger partial charge in [-0.2, -0.15) is 0 Å². The Kier molecular flexibility index (Phi) is 17.8. The normalized spacial score (nSPS) is 14.2. The Labute approximate surface area is 431 Å². The molecule has 7 nitrogen and oxygen atoms in total. The van der Waals surface area contributed by atoms with Gasteiger partial charge >= 0.3 is 49.7 Å². The quantitative estimate of drug-likeness (QED) is 0.0414. The molecule has 0 fully saturated rings. The fraction of sp³-hybridized carbons (Fsp3) is 0.321. The number of thiophene rings is 2. The van der Waals surface area contributed by atoms with Gasteiger partial charge in [-0.15, -0.1) is 34.5 Å². The Balaban J connectivity index is 0.00000288.